The topological polar surface area (TPSA) is 65.3 Å². The maximum Gasteiger partial charge on any atom is 0.460 e. The molecule has 0 heterocycles. The van der Waals surface area contributed by atoms with Gasteiger partial charge in [-0.1, -0.05) is 12.1 Å². The van der Waals surface area contributed by atoms with E-state index in [0.29, 0.717) is 23.5 Å². The first kappa shape index (κ1) is 23.1. The molecule has 0 aromatic heterocycles. The molecule has 0 aliphatic heterocycles. The number of hydrogen-bond donors (Lipinski definition) is 1. The summed E-state index contributed by atoms with van der Waals surface area (Å²) in [5.74, 6) is -12.7. The molecule has 0 atom stereocenters. The van der Waals surface area contributed by atoms with Crippen molar-refractivity contribution in [2.75, 3.05) is 18.5 Å². The van der Waals surface area contributed by atoms with E-state index in [1.54, 1.807) is 19.2 Å². The van der Waals surface area contributed by atoms with Crippen molar-refractivity contribution in [2.45, 2.75) is 18.0 Å². The summed E-state index contributed by atoms with van der Waals surface area (Å²) >= 11 is 0. The van der Waals surface area contributed by atoms with Gasteiger partial charge in [0, 0.05) is 18.3 Å². The molecule has 0 aliphatic carbocycles. The number of carboxylic acids is 1. The Balaban J connectivity index is 2.14. The van der Waals surface area contributed by atoms with Crippen molar-refractivity contribution in [2.24, 2.45) is 10.2 Å². The van der Waals surface area contributed by atoms with E-state index in [0.717, 1.165) is 12.1 Å². The summed E-state index contributed by atoms with van der Waals surface area (Å²) < 4.78 is 90.1. The van der Waals surface area contributed by atoms with E-state index in [1.165, 1.54) is 17.0 Å². The van der Waals surface area contributed by atoms with E-state index in [9.17, 15) is 35.5 Å². The number of anilines is 1. The third kappa shape index (κ3) is 4.86. The van der Waals surface area contributed by atoms with Gasteiger partial charge in [0.1, 0.15) is 6.54 Å². The summed E-state index contributed by atoms with van der Waals surface area (Å²) in [6.45, 7) is -0.231. The third-order valence-electron chi connectivity index (χ3n) is 3.92. The molecule has 0 saturated carbocycles. The first-order valence-electron chi connectivity index (χ1n) is 8.13. The zero-order valence-electron chi connectivity index (χ0n) is 15.2. The van der Waals surface area contributed by atoms with E-state index in [2.05, 4.69) is 10.2 Å². The highest BCUT2D eigenvalue weighted by Crippen LogP contribution is 2.51. The maximum atomic E-state index is 13.6. The Hall–Kier alpha value is -3.18. The van der Waals surface area contributed by atoms with E-state index < -0.39 is 29.6 Å². The van der Waals surface area contributed by atoms with Gasteiger partial charge in [0.15, 0.2) is 0 Å². The second kappa shape index (κ2) is 8.28. The molecule has 0 spiro atoms. The molecule has 5 nitrogen and oxygen atoms in total. The number of rotatable bonds is 7. The lowest BCUT2D eigenvalue weighted by atomic mass is 10.0. The minimum Gasteiger partial charge on any atom is -0.480 e. The average molecular weight is 437 g/mol. The van der Waals surface area contributed by atoms with Crippen molar-refractivity contribution in [3.8, 4) is 0 Å². The van der Waals surface area contributed by atoms with Crippen LogP contribution in [0.25, 0.3) is 0 Å². The van der Waals surface area contributed by atoms with Crippen LogP contribution in [0.5, 0.6) is 0 Å². The number of aliphatic carboxylic acids is 1. The van der Waals surface area contributed by atoms with Crippen LogP contribution in [-0.4, -0.2) is 36.8 Å². The lowest BCUT2D eigenvalue weighted by Crippen LogP contribution is -2.49. The van der Waals surface area contributed by atoms with Crippen LogP contribution >= 0.6 is 0 Å². The number of nitrogens with zero attached hydrogens (tertiary/aromatic N) is 3. The molecule has 12 heteroatoms. The maximum absolute atomic E-state index is 13.6. The quantitative estimate of drug-likeness (QED) is 0.433. The van der Waals surface area contributed by atoms with Crippen molar-refractivity contribution in [3.63, 3.8) is 0 Å². The zero-order valence-corrected chi connectivity index (χ0v) is 15.2. The fourth-order valence-corrected chi connectivity index (χ4v) is 2.28. The van der Waals surface area contributed by atoms with Crippen LogP contribution in [0.2, 0.25) is 0 Å². The lowest BCUT2D eigenvalue weighted by molar-refractivity contribution is -0.359. The molecule has 1 N–H and O–H groups in total. The van der Waals surface area contributed by atoms with Gasteiger partial charge in [-0.15, -0.1) is 0 Å². The van der Waals surface area contributed by atoms with Crippen molar-refractivity contribution in [3.05, 3.63) is 54.1 Å². The molecule has 2 rings (SSSR count). The molecule has 0 fully saturated rings. The number of likely N-dealkylation sites (N-methyl/N-ethyl adjacent to an activating group) is 1. The molecule has 0 unspecified atom stereocenters. The monoisotopic (exact) mass is 437 g/mol. The van der Waals surface area contributed by atoms with Gasteiger partial charge in [0.25, 0.3) is 0 Å². The number of halogens is 7. The molecule has 0 bridgehead atoms. The number of carbonyl (C=O) groups is 1. The summed E-state index contributed by atoms with van der Waals surface area (Å²) in [4.78, 5) is 12.1. The van der Waals surface area contributed by atoms with E-state index in [4.69, 9.17) is 5.11 Å². The predicted molar refractivity (Wildman–Crippen MR) is 92.9 cm³/mol. The second-order valence-electron chi connectivity index (χ2n) is 6.16. The van der Waals surface area contributed by atoms with Gasteiger partial charge in [0.2, 0.25) is 0 Å². The summed E-state index contributed by atoms with van der Waals surface area (Å²) in [7, 11) is 1.56. The van der Waals surface area contributed by atoms with Crippen LogP contribution in [-0.2, 0) is 10.7 Å². The third-order valence-corrected chi connectivity index (χ3v) is 3.92. The van der Waals surface area contributed by atoms with Crippen molar-refractivity contribution >= 4 is 23.0 Å². The van der Waals surface area contributed by atoms with E-state index in [1.807, 2.05) is 0 Å². The summed E-state index contributed by atoms with van der Waals surface area (Å²) in [5.41, 5.74) is -0.694. The Morgan fingerprint density at radius 2 is 1.30 bits per heavy atom. The molecule has 30 heavy (non-hydrogen) atoms. The number of hydrogen-bond acceptors (Lipinski definition) is 4. The molecule has 0 aliphatic rings. The first-order valence-corrected chi connectivity index (χ1v) is 8.13. The highest BCUT2D eigenvalue weighted by Gasteiger charge is 2.73. The van der Waals surface area contributed by atoms with E-state index in [-0.39, 0.29) is 12.2 Å². The Kier molecular flexibility index (Phi) is 6.38. The van der Waals surface area contributed by atoms with Crippen molar-refractivity contribution < 1.29 is 40.6 Å². The van der Waals surface area contributed by atoms with Gasteiger partial charge >= 0.3 is 24.0 Å². The van der Waals surface area contributed by atoms with Crippen molar-refractivity contribution in [1.82, 2.24) is 0 Å². The van der Waals surface area contributed by atoms with Gasteiger partial charge in [-0.05, 0) is 36.4 Å². The second-order valence-corrected chi connectivity index (χ2v) is 6.16. The lowest BCUT2D eigenvalue weighted by Gasteiger charge is -2.28. The number of alkyl halides is 7. The summed E-state index contributed by atoms with van der Waals surface area (Å²) in [6, 6.07) is 8.58. The minimum atomic E-state index is -6.42. The molecule has 0 amide bonds. The number of benzene rings is 2. The Bertz CT molecular complexity index is 911. The normalized spacial score (nSPS) is 12.9. The van der Waals surface area contributed by atoms with Gasteiger partial charge in [-0.3, -0.25) is 4.79 Å². The highest BCUT2D eigenvalue weighted by molar-refractivity contribution is 5.73. The largest absolute Gasteiger partial charge is 0.480 e. The van der Waals surface area contributed by atoms with Crippen LogP contribution in [0, 0.1) is 0 Å². The Morgan fingerprint density at radius 1 is 0.867 bits per heavy atom. The van der Waals surface area contributed by atoms with E-state index >= 15 is 0 Å². The van der Waals surface area contributed by atoms with Crippen LogP contribution in [0.4, 0.5) is 47.8 Å². The predicted octanol–water partition coefficient (Wildman–Crippen LogP) is 5.91. The standard InChI is InChI=1S/C18H14F7N3O2/c1-28(10-15(29)30)14-8-6-13(7-9-14)27-26-12-4-2-11(3-5-12)16(19,20)17(21,22)18(23,24)25/h2-9H,10H2,1H3,(H,29,30). The van der Waals surface area contributed by atoms with Gasteiger partial charge in [-0.2, -0.15) is 41.0 Å². The molecular weight excluding hydrogens is 423 g/mol. The number of carboxylic acid groups (broad SMARTS) is 1. The van der Waals surface area contributed by atoms with Gasteiger partial charge in [-0.25, -0.2) is 0 Å². The van der Waals surface area contributed by atoms with Gasteiger partial charge < -0.3 is 10.0 Å². The number of azo groups is 1. The molecular formula is C18H14F7N3O2. The fourth-order valence-electron chi connectivity index (χ4n) is 2.28. The smallest absolute Gasteiger partial charge is 0.460 e. The molecule has 162 valence electrons. The van der Waals surface area contributed by atoms with Crippen LogP contribution in [0.1, 0.15) is 5.56 Å². The summed E-state index contributed by atoms with van der Waals surface area (Å²) in [6.07, 6.45) is -6.42. The fraction of sp³-hybridized carbons (Fsp3) is 0.278. The first-order chi connectivity index (χ1) is 13.8. The van der Waals surface area contributed by atoms with Crippen molar-refractivity contribution in [1.29, 1.82) is 0 Å². The zero-order chi connectivity index (χ0) is 22.7. The molecule has 2 aromatic rings. The average Bonchev–Trinajstić information content (AvgIpc) is 2.65. The highest BCUT2D eigenvalue weighted by atomic mass is 19.4. The Morgan fingerprint density at radius 3 is 1.70 bits per heavy atom. The van der Waals surface area contributed by atoms with Gasteiger partial charge in [0.05, 0.1) is 11.4 Å². The summed E-state index contributed by atoms with van der Waals surface area (Å²) in [5, 5.41) is 16.2. The minimum absolute atomic E-state index is 0.0584. The SMILES string of the molecule is CN(CC(=O)O)c1ccc(N=Nc2ccc(C(F)(F)C(F)(F)C(F)(F)F)cc2)cc1. The molecule has 0 saturated heterocycles. The van der Waals surface area contributed by atoms with Crippen LogP contribution in [0.15, 0.2) is 58.8 Å². The molecule has 0 radical (unpaired) electrons. The van der Waals surface area contributed by atoms with Crippen LogP contribution < -0.4 is 4.90 Å². The Labute approximate surface area is 165 Å². The van der Waals surface area contributed by atoms with Crippen LogP contribution in [0.3, 0.4) is 0 Å². The molecule has 2 aromatic carbocycles.